The fraction of sp³-hybridized carbons (Fsp3) is 0.955. The van der Waals surface area contributed by atoms with Gasteiger partial charge in [0, 0.05) is 7.11 Å². The highest BCUT2D eigenvalue weighted by Gasteiger charge is 2.52. The maximum absolute atomic E-state index is 12.2. The van der Waals surface area contributed by atoms with Crippen molar-refractivity contribution < 1.29 is 28.9 Å². The minimum absolute atomic E-state index is 0.0351. The van der Waals surface area contributed by atoms with Crippen molar-refractivity contribution in [1.82, 2.24) is 0 Å². The van der Waals surface area contributed by atoms with Gasteiger partial charge in [0.1, 0.15) is 6.79 Å². The van der Waals surface area contributed by atoms with Crippen LogP contribution in [0.15, 0.2) is 0 Å². The Bertz CT molecular complexity index is 559. The highest BCUT2D eigenvalue weighted by atomic mass is 16.7. The van der Waals surface area contributed by atoms with Gasteiger partial charge in [-0.1, -0.05) is 20.3 Å². The number of carbonyl (C=O) groups excluding carboxylic acids is 1. The molecule has 7 atom stereocenters. The largest absolute Gasteiger partial charge is 0.436 e. The first-order valence-corrected chi connectivity index (χ1v) is 10.8. The van der Waals surface area contributed by atoms with Gasteiger partial charge in [0.05, 0.1) is 12.7 Å². The molecular weight excluding hydrogens is 360 g/mol. The number of ether oxygens (including phenoxy) is 4. The molecular formula is C22H38O6. The number of hydrogen-bond donors (Lipinski definition) is 1. The molecule has 0 amide bonds. The molecule has 0 aromatic heterocycles. The van der Waals surface area contributed by atoms with Gasteiger partial charge in [-0.25, -0.2) is 4.79 Å². The molecule has 1 aliphatic heterocycles. The molecule has 0 aromatic carbocycles. The number of hydrogen-bond acceptors (Lipinski definition) is 6. The van der Waals surface area contributed by atoms with Crippen LogP contribution in [0.2, 0.25) is 0 Å². The number of fused-ring (bicyclic) bond motifs is 1. The Morgan fingerprint density at radius 1 is 1.36 bits per heavy atom. The minimum atomic E-state index is -0.891. The van der Waals surface area contributed by atoms with Crippen molar-refractivity contribution in [2.45, 2.75) is 77.4 Å². The molecule has 3 aliphatic rings. The summed E-state index contributed by atoms with van der Waals surface area (Å²) in [6, 6.07) is 0. The number of methoxy groups -OCH3 is 1. The number of rotatable bonds is 10. The Kier molecular flexibility index (Phi) is 6.60. The van der Waals surface area contributed by atoms with Crippen molar-refractivity contribution >= 4 is 5.97 Å². The van der Waals surface area contributed by atoms with E-state index in [-0.39, 0.29) is 37.0 Å². The maximum Gasteiger partial charge on any atom is 0.340 e. The summed E-state index contributed by atoms with van der Waals surface area (Å²) >= 11 is 0. The van der Waals surface area contributed by atoms with Gasteiger partial charge in [0.2, 0.25) is 1.43 Å². The molecule has 1 N–H and O–H groups in total. The molecule has 6 nitrogen and oxygen atoms in total. The van der Waals surface area contributed by atoms with Gasteiger partial charge < -0.3 is 24.1 Å². The van der Waals surface area contributed by atoms with E-state index in [0.29, 0.717) is 30.8 Å². The van der Waals surface area contributed by atoms with E-state index >= 15 is 0 Å². The molecule has 3 rings (SSSR count). The molecule has 0 radical (unpaired) electrons. The number of cyclic esters (lactones) is 1. The summed E-state index contributed by atoms with van der Waals surface area (Å²) in [6.45, 7) is 7.39. The van der Waals surface area contributed by atoms with E-state index in [2.05, 4.69) is 13.8 Å². The van der Waals surface area contributed by atoms with Gasteiger partial charge in [-0.3, -0.25) is 0 Å². The third-order valence-corrected chi connectivity index (χ3v) is 7.76. The standard InChI is InChI=1S/C22H38O6/c1-15(17-7-8-18-19(23)6-5-9-21(17,18)2)10-16(12-26-13-25-4)11-22(3)20(24)27-14-28-22/h15-19,23H,5-14H2,1-4H3/t15-,16-,17-,18?,19+,21-,22+/m1/s1/i23T. The number of esters is 1. The molecule has 0 spiro atoms. The number of aliphatic hydroxyl groups excluding tert-OH is 1. The lowest BCUT2D eigenvalue weighted by molar-refractivity contribution is -0.144. The van der Waals surface area contributed by atoms with Crippen molar-refractivity contribution in [3.63, 3.8) is 0 Å². The first kappa shape index (κ1) is 20.6. The maximum atomic E-state index is 12.2. The Balaban J connectivity index is 1.67. The molecule has 162 valence electrons. The molecule has 2 saturated carbocycles. The van der Waals surface area contributed by atoms with Crippen LogP contribution in [0.1, 0.15) is 65.7 Å². The van der Waals surface area contributed by atoms with Crippen LogP contribution < -0.4 is 0 Å². The van der Waals surface area contributed by atoms with Gasteiger partial charge in [0.25, 0.3) is 0 Å². The van der Waals surface area contributed by atoms with E-state index in [9.17, 15) is 4.79 Å². The number of carbonyl (C=O) groups is 1. The second kappa shape index (κ2) is 8.99. The highest BCUT2D eigenvalue weighted by molar-refractivity contribution is 5.80. The van der Waals surface area contributed by atoms with E-state index in [1.165, 1.54) is 12.8 Å². The van der Waals surface area contributed by atoms with Gasteiger partial charge in [-0.05, 0) is 74.5 Å². The minimum Gasteiger partial charge on any atom is -0.436 e. The molecule has 0 bridgehead atoms. The van der Waals surface area contributed by atoms with E-state index in [0.717, 1.165) is 25.7 Å². The van der Waals surface area contributed by atoms with Gasteiger partial charge >= 0.3 is 5.97 Å². The zero-order valence-corrected chi connectivity index (χ0v) is 17.9. The molecule has 1 unspecified atom stereocenters. The van der Waals surface area contributed by atoms with Crippen LogP contribution in [-0.2, 0) is 23.7 Å². The third kappa shape index (κ3) is 4.40. The summed E-state index contributed by atoms with van der Waals surface area (Å²) in [5.74, 6) is 1.48. The van der Waals surface area contributed by atoms with Crippen LogP contribution >= 0.6 is 0 Å². The van der Waals surface area contributed by atoms with Gasteiger partial charge in [-0.15, -0.1) is 0 Å². The fourth-order valence-electron chi connectivity index (χ4n) is 6.41. The van der Waals surface area contributed by atoms with E-state index in [1.54, 1.807) is 7.11 Å². The molecule has 2 aliphatic carbocycles. The predicted molar refractivity (Wildman–Crippen MR) is 104 cm³/mol. The first-order chi connectivity index (χ1) is 13.8. The van der Waals surface area contributed by atoms with Gasteiger partial charge in [-0.2, -0.15) is 0 Å². The molecule has 1 heterocycles. The first-order valence-electron chi connectivity index (χ1n) is 11.2. The SMILES string of the molecule is [3H]O[C@H]1CCC[C@@]2(C)C1CC[C@@H]2[C@H](C)C[C@@H](COCOC)C[C@]1(C)OCOC1=O. The average Bonchev–Trinajstić information content (AvgIpc) is 3.20. The van der Waals surface area contributed by atoms with Crippen molar-refractivity contribution in [3.05, 3.63) is 0 Å². The summed E-state index contributed by atoms with van der Waals surface area (Å²) in [5.41, 5.74) is -0.661. The third-order valence-electron chi connectivity index (χ3n) is 7.76. The topological polar surface area (TPSA) is 74.2 Å². The van der Waals surface area contributed by atoms with Crippen LogP contribution in [0.25, 0.3) is 0 Å². The predicted octanol–water partition coefficient (Wildman–Crippen LogP) is 3.51. The molecule has 0 aromatic rings. The quantitative estimate of drug-likeness (QED) is 0.344. The Morgan fingerprint density at radius 2 is 2.18 bits per heavy atom. The van der Waals surface area contributed by atoms with Crippen molar-refractivity contribution in [1.29, 1.82) is 1.43 Å². The smallest absolute Gasteiger partial charge is 0.340 e. The lowest BCUT2D eigenvalue weighted by Gasteiger charge is -2.45. The fourth-order valence-corrected chi connectivity index (χ4v) is 6.41. The monoisotopic (exact) mass is 400 g/mol. The summed E-state index contributed by atoms with van der Waals surface area (Å²) in [4.78, 5) is 12.2. The van der Waals surface area contributed by atoms with Crippen LogP contribution in [0.5, 0.6) is 0 Å². The van der Waals surface area contributed by atoms with Crippen molar-refractivity contribution in [3.8, 4) is 0 Å². The summed E-state index contributed by atoms with van der Waals surface area (Å²) < 4.78 is 28.9. The molecule has 6 heteroatoms. The lowest BCUT2D eigenvalue weighted by atomic mass is 9.61. The normalized spacial score (nSPS) is 40.6. The van der Waals surface area contributed by atoms with Crippen molar-refractivity contribution in [2.75, 3.05) is 27.3 Å². The molecule has 28 heavy (non-hydrogen) atoms. The van der Waals surface area contributed by atoms with Gasteiger partial charge in [0.15, 0.2) is 12.4 Å². The Labute approximate surface area is 170 Å². The van der Waals surface area contributed by atoms with Crippen LogP contribution in [-0.4, -0.2) is 51.5 Å². The summed E-state index contributed by atoms with van der Waals surface area (Å²) in [7, 11) is 1.61. The van der Waals surface area contributed by atoms with E-state index < -0.39 is 5.60 Å². The molecule has 1 saturated heterocycles. The van der Waals surface area contributed by atoms with Crippen LogP contribution in [0.3, 0.4) is 0 Å². The Hall–Kier alpha value is -0.690. The number of aliphatic hydroxyl groups is 1. The molecule has 3 fully saturated rings. The zero-order valence-electron chi connectivity index (χ0n) is 18.9. The van der Waals surface area contributed by atoms with Crippen LogP contribution in [0, 0.1) is 29.1 Å². The zero-order chi connectivity index (χ0) is 21.1. The highest BCUT2D eigenvalue weighted by Crippen LogP contribution is 2.58. The summed E-state index contributed by atoms with van der Waals surface area (Å²) in [6.07, 6.45) is 7.32. The average molecular weight is 401 g/mol. The Morgan fingerprint density at radius 3 is 2.86 bits per heavy atom. The lowest BCUT2D eigenvalue weighted by Crippen LogP contribution is -2.42. The summed E-state index contributed by atoms with van der Waals surface area (Å²) in [5, 5.41) is 5.11. The van der Waals surface area contributed by atoms with E-state index in [1.807, 2.05) is 6.92 Å². The second-order valence-corrected chi connectivity index (χ2v) is 9.71. The van der Waals surface area contributed by atoms with Crippen LogP contribution in [0.4, 0.5) is 0 Å². The van der Waals surface area contributed by atoms with E-state index in [4.69, 9.17) is 25.5 Å². The van der Waals surface area contributed by atoms with Crippen molar-refractivity contribution in [2.24, 2.45) is 29.1 Å². The second-order valence-electron chi connectivity index (χ2n) is 9.71.